The molecule has 2 atom stereocenters. The number of hydrogen-bond donors (Lipinski definition) is 0. The van der Waals surface area contributed by atoms with Gasteiger partial charge in [0, 0.05) is 0 Å². The topological polar surface area (TPSA) is 29.4 Å². The minimum Gasteiger partial charge on any atom is -0.211 e. The molecule has 0 bridgehead atoms. The van der Waals surface area contributed by atoms with Crippen LogP contribution in [-0.4, -0.2) is 12.6 Å². The summed E-state index contributed by atoms with van der Waals surface area (Å²) in [6.45, 7) is 5.22. The second-order valence-corrected chi connectivity index (χ2v) is 9.68. The highest BCUT2D eigenvalue weighted by atomic mass is 16.1. The third-order valence-electron chi connectivity index (χ3n) is 6.77. The van der Waals surface area contributed by atoms with Crippen LogP contribution < -0.4 is 0 Å². The highest BCUT2D eigenvalue weighted by molar-refractivity contribution is 5.32. The van der Waals surface area contributed by atoms with Crippen molar-refractivity contribution >= 4 is 6.08 Å². The van der Waals surface area contributed by atoms with Crippen LogP contribution in [0.3, 0.4) is 0 Å². The Labute approximate surface area is 199 Å². The molecule has 32 heavy (non-hydrogen) atoms. The van der Waals surface area contributed by atoms with E-state index in [1.807, 2.05) is 0 Å². The molecule has 0 aromatic carbocycles. The summed E-state index contributed by atoms with van der Waals surface area (Å²) in [5.41, 5.74) is 1.70. The van der Waals surface area contributed by atoms with E-state index in [0.717, 1.165) is 6.42 Å². The van der Waals surface area contributed by atoms with Gasteiger partial charge in [0.15, 0.2) is 0 Å². The zero-order valence-electron chi connectivity index (χ0n) is 21.3. The van der Waals surface area contributed by atoms with Crippen LogP contribution in [0.2, 0.25) is 0 Å². The second-order valence-electron chi connectivity index (χ2n) is 9.68. The third-order valence-corrected chi connectivity index (χ3v) is 6.77. The summed E-state index contributed by atoms with van der Waals surface area (Å²) in [6.07, 6.45) is 37.3. The van der Waals surface area contributed by atoms with E-state index in [1.54, 1.807) is 11.7 Å². The molecule has 1 rings (SSSR count). The molecule has 2 heteroatoms. The molecule has 0 aliphatic heterocycles. The van der Waals surface area contributed by atoms with Crippen molar-refractivity contribution in [1.29, 1.82) is 0 Å². The summed E-state index contributed by atoms with van der Waals surface area (Å²) in [4.78, 5) is 13.7. The fourth-order valence-electron chi connectivity index (χ4n) is 4.69. The second kappa shape index (κ2) is 21.4. The first-order valence-corrected chi connectivity index (χ1v) is 13.9. The number of hydrogen-bond acceptors (Lipinski definition) is 2. The van der Waals surface area contributed by atoms with E-state index >= 15 is 0 Å². The van der Waals surface area contributed by atoms with Gasteiger partial charge >= 0.3 is 0 Å². The summed E-state index contributed by atoms with van der Waals surface area (Å²) in [5.74, 6) is 1.40. The van der Waals surface area contributed by atoms with Crippen LogP contribution in [0.4, 0.5) is 0 Å². The maximum atomic E-state index is 10.0. The molecule has 0 N–H and O–H groups in total. The number of isocyanates is 1. The number of carbonyl (C=O) groups excluding carboxylic acids is 1. The van der Waals surface area contributed by atoms with Crippen LogP contribution in [0.25, 0.3) is 0 Å². The van der Waals surface area contributed by atoms with Crippen molar-refractivity contribution in [2.45, 2.75) is 129 Å². The Kier molecular flexibility index (Phi) is 19.2. The van der Waals surface area contributed by atoms with Crippen molar-refractivity contribution < 1.29 is 4.79 Å². The third kappa shape index (κ3) is 15.4. The zero-order valence-corrected chi connectivity index (χ0v) is 21.3. The van der Waals surface area contributed by atoms with Crippen LogP contribution >= 0.6 is 0 Å². The lowest BCUT2D eigenvalue weighted by Gasteiger charge is -2.28. The Hall–Kier alpha value is -1.40. The Balaban J connectivity index is 2.35. The number of nitrogens with zero attached hydrogens (tertiary/aromatic N) is 1. The first-order valence-electron chi connectivity index (χ1n) is 13.9. The van der Waals surface area contributed by atoms with E-state index in [4.69, 9.17) is 0 Å². The van der Waals surface area contributed by atoms with Gasteiger partial charge in [-0.3, -0.25) is 0 Å². The Morgan fingerprint density at radius 1 is 0.812 bits per heavy atom. The van der Waals surface area contributed by atoms with E-state index < -0.39 is 0 Å². The van der Waals surface area contributed by atoms with Crippen LogP contribution in [-0.2, 0) is 4.79 Å². The van der Waals surface area contributed by atoms with Crippen LogP contribution in [0.15, 0.2) is 40.9 Å². The molecule has 0 aromatic heterocycles. The molecule has 2 unspecified atom stereocenters. The average molecular weight is 442 g/mol. The largest absolute Gasteiger partial charge is 0.234 e. The van der Waals surface area contributed by atoms with Gasteiger partial charge in [0.2, 0.25) is 6.08 Å². The highest BCUT2D eigenvalue weighted by Gasteiger charge is 2.21. The highest BCUT2D eigenvalue weighted by Crippen LogP contribution is 2.34. The number of unbranched alkanes of at least 4 members (excludes halogenated alkanes) is 12. The van der Waals surface area contributed by atoms with Crippen molar-refractivity contribution in [3.05, 3.63) is 36.0 Å². The number of allylic oxidation sites excluding steroid dienone is 6. The fraction of sp³-hybridized carbons (Fsp3) is 0.767. The van der Waals surface area contributed by atoms with E-state index in [1.165, 1.54) is 109 Å². The summed E-state index contributed by atoms with van der Waals surface area (Å²) < 4.78 is 0. The van der Waals surface area contributed by atoms with Crippen molar-refractivity contribution in [1.82, 2.24) is 0 Å². The minimum absolute atomic E-state index is 0.654. The standard InChI is InChI=1S/C30H51NO/c1-3-5-7-12-17-21-29-24-23-28(26-30(29)22-18-13-8-6-4-2)20-16-14-10-9-11-15-19-25-31-27-32/h17-18,21-23,29-30H,3-16,19-20,24-26H2,1-2H3/b21-17+,22-18+. The Morgan fingerprint density at radius 3 is 2.03 bits per heavy atom. The summed E-state index contributed by atoms with van der Waals surface area (Å²) in [7, 11) is 0. The molecular formula is C30H51NO. The van der Waals surface area contributed by atoms with Crippen molar-refractivity contribution in [2.24, 2.45) is 16.8 Å². The molecule has 0 aromatic rings. The maximum absolute atomic E-state index is 10.0. The summed E-state index contributed by atoms with van der Waals surface area (Å²) in [6, 6.07) is 0. The first kappa shape index (κ1) is 28.6. The normalized spacial score (nSPS) is 18.9. The summed E-state index contributed by atoms with van der Waals surface area (Å²) >= 11 is 0. The number of rotatable bonds is 20. The molecule has 1 aliphatic carbocycles. The lowest BCUT2D eigenvalue weighted by atomic mass is 9.77. The molecule has 2 nitrogen and oxygen atoms in total. The molecular weight excluding hydrogens is 390 g/mol. The van der Waals surface area contributed by atoms with E-state index in [0.29, 0.717) is 18.4 Å². The van der Waals surface area contributed by atoms with Gasteiger partial charge in [0.05, 0.1) is 6.54 Å². The van der Waals surface area contributed by atoms with Crippen LogP contribution in [0.1, 0.15) is 129 Å². The van der Waals surface area contributed by atoms with Gasteiger partial charge in [0.1, 0.15) is 0 Å². The van der Waals surface area contributed by atoms with E-state index in [2.05, 4.69) is 49.2 Å². The summed E-state index contributed by atoms with van der Waals surface area (Å²) in [5, 5.41) is 0. The lowest BCUT2D eigenvalue weighted by Crippen LogP contribution is -2.15. The van der Waals surface area contributed by atoms with Crippen molar-refractivity contribution in [3.8, 4) is 0 Å². The van der Waals surface area contributed by atoms with Gasteiger partial charge in [-0.2, -0.15) is 0 Å². The predicted molar refractivity (Wildman–Crippen MR) is 141 cm³/mol. The molecule has 0 radical (unpaired) electrons. The van der Waals surface area contributed by atoms with Gasteiger partial charge in [-0.1, -0.05) is 108 Å². The van der Waals surface area contributed by atoms with Crippen molar-refractivity contribution in [2.75, 3.05) is 6.54 Å². The molecule has 0 heterocycles. The van der Waals surface area contributed by atoms with Gasteiger partial charge in [-0.05, 0) is 69.6 Å². The monoisotopic (exact) mass is 441 g/mol. The maximum Gasteiger partial charge on any atom is 0.234 e. The molecule has 1 aliphatic rings. The van der Waals surface area contributed by atoms with Crippen LogP contribution in [0.5, 0.6) is 0 Å². The average Bonchev–Trinajstić information content (AvgIpc) is 2.81. The fourth-order valence-corrected chi connectivity index (χ4v) is 4.69. The quantitative estimate of drug-likeness (QED) is 0.0800. The van der Waals surface area contributed by atoms with E-state index in [9.17, 15) is 4.79 Å². The van der Waals surface area contributed by atoms with Gasteiger partial charge in [0.25, 0.3) is 0 Å². The molecule has 182 valence electrons. The predicted octanol–water partition coefficient (Wildman–Crippen LogP) is 9.67. The molecule has 0 amide bonds. The Morgan fingerprint density at radius 2 is 1.41 bits per heavy atom. The molecule has 0 saturated heterocycles. The SMILES string of the molecule is CCCCC/C=C/C1CC=C(CCCCCCCCCN=C=O)CC1/C=C/CCCCC. The zero-order chi connectivity index (χ0) is 23.1. The Bertz CT molecular complexity index is 567. The van der Waals surface area contributed by atoms with Gasteiger partial charge in [-0.25, -0.2) is 9.79 Å². The lowest BCUT2D eigenvalue weighted by molar-refractivity contribution is 0.438. The number of aliphatic imine (C=N–C) groups is 1. The minimum atomic E-state index is 0.654. The smallest absolute Gasteiger partial charge is 0.211 e. The van der Waals surface area contributed by atoms with Gasteiger partial charge < -0.3 is 0 Å². The molecule has 0 saturated carbocycles. The van der Waals surface area contributed by atoms with Crippen LogP contribution in [0, 0.1) is 11.8 Å². The first-order chi connectivity index (χ1) is 15.8. The van der Waals surface area contributed by atoms with E-state index in [-0.39, 0.29) is 0 Å². The molecule has 0 spiro atoms. The van der Waals surface area contributed by atoms with Crippen molar-refractivity contribution in [3.63, 3.8) is 0 Å². The molecule has 0 fully saturated rings. The van der Waals surface area contributed by atoms with Gasteiger partial charge in [-0.15, -0.1) is 0 Å².